The van der Waals surface area contributed by atoms with Gasteiger partial charge in [0.25, 0.3) is 0 Å². The zero-order valence-corrected chi connectivity index (χ0v) is 20.5. The average molecular weight is 546 g/mol. The molecule has 0 amide bonds. The van der Waals surface area contributed by atoms with Crippen molar-refractivity contribution in [2.45, 2.75) is 19.4 Å². The predicted molar refractivity (Wildman–Crippen MR) is 126 cm³/mol. The van der Waals surface area contributed by atoms with Gasteiger partial charge >= 0.3 is 0 Å². The van der Waals surface area contributed by atoms with E-state index >= 15 is 0 Å². The second kappa shape index (κ2) is 13.7. The van der Waals surface area contributed by atoms with Gasteiger partial charge in [-0.1, -0.05) is 6.07 Å². The number of morpholine rings is 1. The van der Waals surface area contributed by atoms with Gasteiger partial charge < -0.3 is 15.4 Å². The number of hydrogen-bond acceptors (Lipinski definition) is 6. The smallest absolute Gasteiger partial charge is 0.208 e. The summed E-state index contributed by atoms with van der Waals surface area (Å²) in [6, 6.07) is 4.49. The molecule has 1 aliphatic rings. The average Bonchev–Trinajstić information content (AvgIpc) is 3.16. The van der Waals surface area contributed by atoms with Crippen molar-refractivity contribution in [2.75, 3.05) is 58.7 Å². The van der Waals surface area contributed by atoms with E-state index in [1.165, 1.54) is 11.1 Å². The Morgan fingerprint density at radius 1 is 1.32 bits per heavy atom. The lowest BCUT2D eigenvalue weighted by Crippen LogP contribution is -2.42. The van der Waals surface area contributed by atoms with Crippen molar-refractivity contribution < 1.29 is 13.2 Å². The van der Waals surface area contributed by atoms with E-state index in [2.05, 4.69) is 37.8 Å². The Morgan fingerprint density at radius 2 is 2.07 bits per heavy atom. The number of guanidine groups is 1. The summed E-state index contributed by atoms with van der Waals surface area (Å²) >= 11 is 1.76. The Hall–Kier alpha value is -0.470. The minimum atomic E-state index is -3.13. The molecule has 0 spiro atoms. The van der Waals surface area contributed by atoms with E-state index in [1.54, 1.807) is 11.3 Å². The molecule has 1 saturated heterocycles. The van der Waals surface area contributed by atoms with Crippen molar-refractivity contribution in [3.63, 3.8) is 0 Å². The molecule has 1 aliphatic heterocycles. The fourth-order valence-electron chi connectivity index (χ4n) is 2.83. The molecule has 3 N–H and O–H groups in total. The molecule has 1 aromatic heterocycles. The normalized spacial score (nSPS) is 17.0. The van der Waals surface area contributed by atoms with Crippen LogP contribution < -0.4 is 15.4 Å². The molecule has 1 atom stereocenters. The Labute approximate surface area is 189 Å². The van der Waals surface area contributed by atoms with Crippen LogP contribution in [0.5, 0.6) is 0 Å². The molecule has 0 radical (unpaired) electrons. The van der Waals surface area contributed by atoms with Crippen LogP contribution in [0.1, 0.15) is 24.3 Å². The van der Waals surface area contributed by atoms with Gasteiger partial charge in [-0.25, -0.2) is 13.1 Å². The van der Waals surface area contributed by atoms with Gasteiger partial charge in [-0.15, -0.1) is 35.3 Å². The minimum absolute atomic E-state index is 0. The summed E-state index contributed by atoms with van der Waals surface area (Å²) in [6.45, 7) is 7.88. The topological polar surface area (TPSA) is 95.1 Å². The molecule has 1 unspecified atom stereocenters. The van der Waals surface area contributed by atoms with Crippen molar-refractivity contribution in [2.24, 2.45) is 4.99 Å². The Bertz CT molecular complexity index is 664. The molecule has 28 heavy (non-hydrogen) atoms. The van der Waals surface area contributed by atoms with E-state index in [1.807, 2.05) is 6.92 Å². The van der Waals surface area contributed by atoms with Crippen LogP contribution in [0.25, 0.3) is 0 Å². The number of nitrogens with zero attached hydrogens (tertiary/aromatic N) is 2. The van der Waals surface area contributed by atoms with Crippen LogP contribution in [-0.2, 0) is 14.8 Å². The summed E-state index contributed by atoms with van der Waals surface area (Å²) in [5, 5.41) is 8.63. The second-order valence-electron chi connectivity index (χ2n) is 6.35. The first-order valence-electron chi connectivity index (χ1n) is 9.31. The van der Waals surface area contributed by atoms with E-state index in [4.69, 9.17) is 9.73 Å². The quantitative estimate of drug-likeness (QED) is 0.177. The maximum Gasteiger partial charge on any atom is 0.208 e. The Morgan fingerprint density at radius 3 is 2.68 bits per heavy atom. The van der Waals surface area contributed by atoms with Crippen LogP contribution >= 0.6 is 35.3 Å². The number of thiophene rings is 1. The third-order valence-corrected chi connectivity index (χ3v) is 5.84. The number of nitrogens with one attached hydrogen (secondary N) is 3. The van der Waals surface area contributed by atoms with Gasteiger partial charge in [0.15, 0.2) is 5.96 Å². The fraction of sp³-hybridized carbons (Fsp3) is 0.706. The Balaban J connectivity index is 0.00000392. The third kappa shape index (κ3) is 9.83. The minimum Gasteiger partial charge on any atom is -0.379 e. The molecular formula is C17H32IN5O3S2. The lowest BCUT2D eigenvalue weighted by atomic mass is 10.2. The van der Waals surface area contributed by atoms with E-state index in [0.29, 0.717) is 26.1 Å². The second-order valence-corrected chi connectivity index (χ2v) is 9.16. The van der Waals surface area contributed by atoms with Crippen LogP contribution in [0.3, 0.4) is 0 Å². The third-order valence-electron chi connectivity index (χ3n) is 4.13. The largest absolute Gasteiger partial charge is 0.379 e. The highest BCUT2D eigenvalue weighted by Crippen LogP contribution is 2.26. The van der Waals surface area contributed by atoms with Crippen LogP contribution in [0.15, 0.2) is 22.5 Å². The zero-order chi connectivity index (χ0) is 19.5. The van der Waals surface area contributed by atoms with Crippen molar-refractivity contribution >= 4 is 51.3 Å². The highest BCUT2D eigenvalue weighted by atomic mass is 127. The first-order chi connectivity index (χ1) is 13.0. The van der Waals surface area contributed by atoms with Crippen molar-refractivity contribution in [3.8, 4) is 0 Å². The number of sulfonamides is 1. The van der Waals surface area contributed by atoms with Gasteiger partial charge in [0.2, 0.25) is 10.0 Å². The molecule has 0 saturated carbocycles. The molecular weight excluding hydrogens is 513 g/mol. The highest BCUT2D eigenvalue weighted by Gasteiger charge is 2.23. The Kier molecular flexibility index (Phi) is 12.5. The highest BCUT2D eigenvalue weighted by molar-refractivity contribution is 14.0. The number of hydrogen-bond donors (Lipinski definition) is 3. The van der Waals surface area contributed by atoms with E-state index in [0.717, 1.165) is 38.8 Å². The molecule has 0 aromatic carbocycles. The van der Waals surface area contributed by atoms with Gasteiger partial charge in [0.05, 0.1) is 32.1 Å². The maximum atomic E-state index is 11.1. The lowest BCUT2D eigenvalue weighted by Gasteiger charge is -2.33. The number of halogens is 1. The summed E-state index contributed by atoms with van der Waals surface area (Å²) in [5.74, 6) is 0.756. The van der Waals surface area contributed by atoms with E-state index < -0.39 is 10.0 Å². The van der Waals surface area contributed by atoms with E-state index in [-0.39, 0.29) is 30.0 Å². The molecule has 1 aromatic rings. The van der Waals surface area contributed by atoms with Gasteiger partial charge in [0, 0.05) is 37.6 Å². The van der Waals surface area contributed by atoms with Crippen LogP contribution in [-0.4, -0.2) is 78.0 Å². The molecule has 11 heteroatoms. The fourth-order valence-corrected chi connectivity index (χ4v) is 4.19. The van der Waals surface area contributed by atoms with Crippen molar-refractivity contribution in [3.05, 3.63) is 22.4 Å². The summed E-state index contributed by atoms with van der Waals surface area (Å²) in [4.78, 5) is 8.51. The predicted octanol–water partition coefficient (Wildman–Crippen LogP) is 1.23. The van der Waals surface area contributed by atoms with Crippen molar-refractivity contribution in [1.82, 2.24) is 20.3 Å². The molecule has 1 fully saturated rings. The van der Waals surface area contributed by atoms with Gasteiger partial charge in [0.1, 0.15) is 0 Å². The summed E-state index contributed by atoms with van der Waals surface area (Å²) in [6.07, 6.45) is 1.86. The molecule has 0 aliphatic carbocycles. The monoisotopic (exact) mass is 545 g/mol. The van der Waals surface area contributed by atoms with Gasteiger partial charge in [-0.2, -0.15) is 0 Å². The molecule has 2 rings (SSSR count). The van der Waals surface area contributed by atoms with E-state index in [9.17, 15) is 8.42 Å². The maximum absolute atomic E-state index is 11.1. The first kappa shape index (κ1) is 25.6. The van der Waals surface area contributed by atoms with Crippen molar-refractivity contribution in [1.29, 1.82) is 0 Å². The SMILES string of the molecule is CCNC(=NCC(c1cccs1)N1CCOCC1)NCCCNS(C)(=O)=O.I. The van der Waals surface area contributed by atoms with Gasteiger partial charge in [-0.3, -0.25) is 9.89 Å². The molecule has 162 valence electrons. The molecule has 2 heterocycles. The summed E-state index contributed by atoms with van der Waals surface area (Å²) in [7, 11) is -3.13. The zero-order valence-electron chi connectivity index (χ0n) is 16.5. The van der Waals surface area contributed by atoms with Crippen LogP contribution in [0.2, 0.25) is 0 Å². The van der Waals surface area contributed by atoms with Crippen LogP contribution in [0.4, 0.5) is 0 Å². The number of ether oxygens (including phenoxy) is 1. The molecule has 0 bridgehead atoms. The standard InChI is InChI=1S/C17H31N5O3S2.HI/c1-3-18-17(19-7-5-8-21-27(2,23)24)20-14-15(16-6-4-13-26-16)22-9-11-25-12-10-22;/h4,6,13,15,21H,3,5,7-12,14H2,1-2H3,(H2,18,19,20);1H. The summed E-state index contributed by atoms with van der Waals surface area (Å²) < 4.78 is 30.2. The summed E-state index contributed by atoms with van der Waals surface area (Å²) in [5.41, 5.74) is 0. The first-order valence-corrected chi connectivity index (χ1v) is 12.1. The lowest BCUT2D eigenvalue weighted by molar-refractivity contribution is 0.0186. The number of rotatable bonds is 10. The number of aliphatic imine (C=N–C) groups is 1. The van der Waals surface area contributed by atoms with Gasteiger partial charge in [-0.05, 0) is 24.8 Å². The molecule has 8 nitrogen and oxygen atoms in total. The van der Waals surface area contributed by atoms with Crippen LogP contribution in [0, 0.1) is 0 Å².